The highest BCUT2D eigenvalue weighted by Gasteiger charge is 2.18. The van der Waals surface area contributed by atoms with Crippen LogP contribution in [0.4, 0.5) is 0 Å². The van der Waals surface area contributed by atoms with Crippen LogP contribution in [0, 0.1) is 0 Å². The Kier molecular flexibility index (Phi) is 9.42. The van der Waals surface area contributed by atoms with Crippen molar-refractivity contribution in [1.29, 1.82) is 0 Å². The lowest BCUT2D eigenvalue weighted by Gasteiger charge is -2.19. The first-order chi connectivity index (χ1) is 18.0. The van der Waals surface area contributed by atoms with Gasteiger partial charge in [-0.3, -0.25) is 0 Å². The predicted octanol–water partition coefficient (Wildman–Crippen LogP) is 6.10. The minimum Gasteiger partial charge on any atom is -0.492 e. The molecule has 7 nitrogen and oxygen atoms in total. The lowest BCUT2D eigenvalue weighted by molar-refractivity contribution is 0.174. The molecule has 0 spiro atoms. The Morgan fingerprint density at radius 3 is 2.00 bits per heavy atom. The van der Waals surface area contributed by atoms with Crippen LogP contribution in [0.1, 0.15) is 43.9 Å². The van der Waals surface area contributed by atoms with Crippen molar-refractivity contribution in [1.82, 2.24) is 4.90 Å². The van der Waals surface area contributed by atoms with E-state index in [1.807, 2.05) is 36.4 Å². The Morgan fingerprint density at radius 1 is 0.811 bits per heavy atom. The molecule has 0 radical (unpaired) electrons. The number of fused-ring (bicyclic) bond motifs is 1. The van der Waals surface area contributed by atoms with E-state index in [0.717, 1.165) is 71.1 Å². The van der Waals surface area contributed by atoms with Gasteiger partial charge in [-0.05, 0) is 83.7 Å². The monoisotopic (exact) mass is 523 g/mol. The van der Waals surface area contributed by atoms with Gasteiger partial charge >= 0.3 is 8.60 Å². The second-order valence-electron chi connectivity index (χ2n) is 8.54. The van der Waals surface area contributed by atoms with Crippen LogP contribution >= 0.6 is 8.60 Å². The van der Waals surface area contributed by atoms with Crippen LogP contribution < -0.4 is 18.7 Å². The van der Waals surface area contributed by atoms with Crippen LogP contribution in [0.3, 0.4) is 0 Å². The first kappa shape index (κ1) is 27.0. The molecule has 3 aromatic carbocycles. The topological polar surface area (TPSA) is 80.6 Å². The molecule has 196 valence electrons. The van der Waals surface area contributed by atoms with Crippen molar-refractivity contribution in [3.05, 3.63) is 83.4 Å². The molecular formula is C29H34NO6P. The fraction of sp³-hybridized carbons (Fsp3) is 0.310. The van der Waals surface area contributed by atoms with Crippen LogP contribution in [-0.4, -0.2) is 47.7 Å². The third kappa shape index (κ3) is 6.82. The van der Waals surface area contributed by atoms with Crippen molar-refractivity contribution in [2.45, 2.75) is 27.2 Å². The smallest absolute Gasteiger partial charge is 0.391 e. The van der Waals surface area contributed by atoms with E-state index in [9.17, 15) is 9.79 Å². The molecule has 0 atom stereocenters. The molecule has 1 heterocycles. The minimum absolute atomic E-state index is 0.228. The molecular weight excluding hydrogens is 489 g/mol. The summed E-state index contributed by atoms with van der Waals surface area (Å²) in [6.07, 6.45) is 0.786. The minimum atomic E-state index is -2.47. The molecule has 0 amide bonds. The zero-order valence-corrected chi connectivity index (χ0v) is 22.4. The van der Waals surface area contributed by atoms with Gasteiger partial charge in [0, 0.05) is 6.54 Å². The zero-order valence-electron chi connectivity index (χ0n) is 21.5. The van der Waals surface area contributed by atoms with Gasteiger partial charge in [-0.1, -0.05) is 51.1 Å². The summed E-state index contributed by atoms with van der Waals surface area (Å²) in [6.45, 7) is 10.2. The van der Waals surface area contributed by atoms with Crippen LogP contribution in [0.2, 0.25) is 0 Å². The highest BCUT2D eigenvalue weighted by molar-refractivity contribution is 7.39. The normalized spacial score (nSPS) is 13.2. The predicted molar refractivity (Wildman–Crippen MR) is 147 cm³/mol. The summed E-state index contributed by atoms with van der Waals surface area (Å²) in [7, 11) is -2.47. The number of benzene rings is 3. The van der Waals surface area contributed by atoms with Gasteiger partial charge in [0.15, 0.2) is 11.5 Å². The van der Waals surface area contributed by atoms with Crippen molar-refractivity contribution in [2.24, 2.45) is 0 Å². The maximum atomic E-state index is 9.21. The Bertz CT molecular complexity index is 1190. The maximum absolute atomic E-state index is 9.21. The van der Waals surface area contributed by atoms with E-state index in [-0.39, 0.29) is 6.79 Å². The SMILES string of the molecule is CCC(=C(c1ccc(OCCN(CC)CC)cc1)c1ccc(OP(O)O)cc1)c1ccc2c(c1)OCO2. The Balaban J connectivity index is 1.69. The number of nitrogens with zero attached hydrogens (tertiary/aromatic N) is 1. The number of ether oxygens (including phenoxy) is 3. The Hall–Kier alpha value is -3.09. The quantitative estimate of drug-likeness (QED) is 0.219. The lowest BCUT2D eigenvalue weighted by atomic mass is 9.88. The summed E-state index contributed by atoms with van der Waals surface area (Å²) in [5, 5.41) is 0. The average Bonchev–Trinajstić information content (AvgIpc) is 3.39. The molecule has 0 saturated carbocycles. The second kappa shape index (κ2) is 12.9. The van der Waals surface area contributed by atoms with Crippen molar-refractivity contribution in [2.75, 3.05) is 33.0 Å². The number of rotatable bonds is 12. The molecule has 0 aliphatic carbocycles. The van der Waals surface area contributed by atoms with Crippen molar-refractivity contribution in [3.63, 3.8) is 0 Å². The molecule has 0 unspecified atom stereocenters. The number of likely N-dealkylation sites (N-methyl/N-ethyl adjacent to an activating group) is 1. The number of hydrogen-bond acceptors (Lipinski definition) is 7. The number of hydrogen-bond donors (Lipinski definition) is 2. The average molecular weight is 524 g/mol. The second-order valence-corrected chi connectivity index (χ2v) is 9.23. The first-order valence-corrected chi connectivity index (χ1v) is 13.7. The molecule has 3 aromatic rings. The molecule has 37 heavy (non-hydrogen) atoms. The lowest BCUT2D eigenvalue weighted by Crippen LogP contribution is -2.27. The van der Waals surface area contributed by atoms with E-state index in [1.54, 1.807) is 12.1 Å². The van der Waals surface area contributed by atoms with Gasteiger partial charge in [0.1, 0.15) is 18.1 Å². The van der Waals surface area contributed by atoms with Gasteiger partial charge in [0.25, 0.3) is 0 Å². The highest BCUT2D eigenvalue weighted by atomic mass is 31.2. The van der Waals surface area contributed by atoms with Crippen LogP contribution in [-0.2, 0) is 0 Å². The van der Waals surface area contributed by atoms with E-state index in [2.05, 4.69) is 43.9 Å². The molecule has 0 saturated heterocycles. The van der Waals surface area contributed by atoms with Crippen molar-refractivity contribution < 1.29 is 28.5 Å². The van der Waals surface area contributed by atoms with E-state index in [0.29, 0.717) is 12.4 Å². The van der Waals surface area contributed by atoms with Crippen LogP contribution in [0.25, 0.3) is 11.1 Å². The van der Waals surface area contributed by atoms with Gasteiger partial charge in [-0.25, -0.2) is 0 Å². The zero-order chi connectivity index (χ0) is 26.2. The summed E-state index contributed by atoms with van der Waals surface area (Å²) < 4.78 is 22.2. The standard InChI is InChI=1S/C29H34NO6P/c1-4-26(23-11-16-27-28(19-23)35-20-34-27)29(22-9-14-25(15-10-22)36-37(31)32)21-7-12-24(13-8-21)33-18-17-30(5-2)6-3/h7-16,19,31-32H,4-6,17-18,20H2,1-3H3. The molecule has 0 bridgehead atoms. The first-order valence-electron chi connectivity index (χ1n) is 12.6. The van der Waals surface area contributed by atoms with Crippen LogP contribution in [0.5, 0.6) is 23.0 Å². The third-order valence-corrected chi connectivity index (χ3v) is 6.79. The van der Waals surface area contributed by atoms with Gasteiger partial charge in [-0.15, -0.1) is 0 Å². The van der Waals surface area contributed by atoms with Gasteiger partial charge < -0.3 is 33.4 Å². The Morgan fingerprint density at radius 2 is 1.41 bits per heavy atom. The molecule has 0 fully saturated rings. The largest absolute Gasteiger partial charge is 0.492 e. The van der Waals surface area contributed by atoms with Crippen molar-refractivity contribution >= 4 is 19.7 Å². The molecule has 1 aliphatic rings. The van der Waals surface area contributed by atoms with E-state index in [1.165, 1.54) is 0 Å². The summed E-state index contributed by atoms with van der Waals surface area (Å²) in [4.78, 5) is 20.8. The third-order valence-electron chi connectivity index (χ3n) is 6.42. The van der Waals surface area contributed by atoms with E-state index in [4.69, 9.17) is 18.7 Å². The Labute approximate surface area is 219 Å². The summed E-state index contributed by atoms with van der Waals surface area (Å²) in [5.74, 6) is 2.72. The summed E-state index contributed by atoms with van der Waals surface area (Å²) >= 11 is 0. The fourth-order valence-corrected chi connectivity index (χ4v) is 4.76. The molecule has 1 aliphatic heterocycles. The summed E-state index contributed by atoms with van der Waals surface area (Å²) in [6, 6.07) is 21.5. The van der Waals surface area contributed by atoms with Crippen molar-refractivity contribution in [3.8, 4) is 23.0 Å². The van der Waals surface area contributed by atoms with Gasteiger partial charge in [0.05, 0.1) is 0 Å². The molecule has 0 aromatic heterocycles. The molecule has 4 rings (SSSR count). The highest BCUT2D eigenvalue weighted by Crippen LogP contribution is 2.40. The summed E-state index contributed by atoms with van der Waals surface area (Å²) in [5.41, 5.74) is 5.30. The molecule has 8 heteroatoms. The fourth-order valence-electron chi connectivity index (χ4n) is 4.45. The van der Waals surface area contributed by atoms with Gasteiger partial charge in [0.2, 0.25) is 6.79 Å². The van der Waals surface area contributed by atoms with Gasteiger partial charge in [-0.2, -0.15) is 0 Å². The van der Waals surface area contributed by atoms with E-state index < -0.39 is 8.60 Å². The van der Waals surface area contributed by atoms with Crippen LogP contribution in [0.15, 0.2) is 66.7 Å². The van der Waals surface area contributed by atoms with E-state index >= 15 is 0 Å². The molecule has 2 N–H and O–H groups in total. The maximum Gasteiger partial charge on any atom is 0.391 e. The number of allylic oxidation sites excluding steroid dienone is 1.